The highest BCUT2D eigenvalue weighted by molar-refractivity contribution is 5.95. The molecule has 0 radical (unpaired) electrons. The van der Waals surface area contributed by atoms with Gasteiger partial charge in [-0.3, -0.25) is 9.78 Å². The van der Waals surface area contributed by atoms with Crippen molar-refractivity contribution in [3.05, 3.63) is 53.3 Å². The Kier molecular flexibility index (Phi) is 6.49. The van der Waals surface area contributed by atoms with Crippen molar-refractivity contribution in [2.45, 2.75) is 43.3 Å². The highest BCUT2D eigenvalue weighted by atomic mass is 19.4. The van der Waals surface area contributed by atoms with Gasteiger partial charge in [-0.25, -0.2) is 0 Å². The van der Waals surface area contributed by atoms with Gasteiger partial charge in [-0.15, -0.1) is 0 Å². The molecule has 3 fully saturated rings. The minimum absolute atomic E-state index is 0.00515. The number of hydrogen-bond acceptors (Lipinski definition) is 6. The summed E-state index contributed by atoms with van der Waals surface area (Å²) >= 11 is 0. The van der Waals surface area contributed by atoms with E-state index in [2.05, 4.69) is 4.98 Å². The third-order valence-electron chi connectivity index (χ3n) is 7.42. The zero-order chi connectivity index (χ0) is 27.3. The second-order valence-electron chi connectivity index (χ2n) is 9.67. The number of fused-ring (bicyclic) bond motifs is 1. The quantitative estimate of drug-likeness (QED) is 0.478. The maximum absolute atomic E-state index is 13.3. The van der Waals surface area contributed by atoms with Crippen LogP contribution < -0.4 is 9.47 Å². The Morgan fingerprint density at radius 3 is 2.53 bits per heavy atom. The molecule has 206 valence electrons. The van der Waals surface area contributed by atoms with Crippen molar-refractivity contribution < 1.29 is 50.1 Å². The lowest BCUT2D eigenvalue weighted by Gasteiger charge is -2.41. The average molecular weight is 546 g/mol. The van der Waals surface area contributed by atoms with Gasteiger partial charge < -0.3 is 23.8 Å². The molecule has 1 aromatic heterocycles. The van der Waals surface area contributed by atoms with E-state index < -0.39 is 47.6 Å². The van der Waals surface area contributed by atoms with Crippen LogP contribution in [0.2, 0.25) is 0 Å². The monoisotopic (exact) mass is 546 g/mol. The van der Waals surface area contributed by atoms with Gasteiger partial charge in [0.2, 0.25) is 0 Å². The second kappa shape index (κ2) is 9.30. The lowest BCUT2D eigenvalue weighted by molar-refractivity contribution is -0.194. The Morgan fingerprint density at radius 2 is 1.87 bits per heavy atom. The molecule has 13 heteroatoms. The Bertz CT molecular complexity index is 1220. The van der Waals surface area contributed by atoms with Crippen molar-refractivity contribution in [1.82, 2.24) is 9.88 Å². The van der Waals surface area contributed by atoms with Gasteiger partial charge in [0.05, 0.1) is 24.9 Å². The number of carbonyl (C=O) groups is 1. The number of pyridine rings is 1. The summed E-state index contributed by atoms with van der Waals surface area (Å²) in [5, 5.41) is 0. The minimum atomic E-state index is -4.55. The number of nitrogens with zero attached hydrogens (tertiary/aromatic N) is 2. The smallest absolute Gasteiger partial charge is 0.416 e. The van der Waals surface area contributed by atoms with Gasteiger partial charge in [0.15, 0.2) is 11.5 Å². The summed E-state index contributed by atoms with van der Waals surface area (Å²) in [5.41, 5.74) is -3.66. The standard InChI is InChI=1S/C25H24F6N2O5/c1-35-18-10-15(2-3-17(18)36-13-22(5-6-22)25(29,30)31)21(34)33-9-7-23(20(12-33)37-14-38-23)19-11-16(4-8-32-19)24(26,27)28/h2-4,8,10-11,20H,5-7,9,12-14H2,1H3/t20-,23-/m1/s1. The van der Waals surface area contributed by atoms with E-state index in [0.717, 1.165) is 18.3 Å². The van der Waals surface area contributed by atoms with E-state index in [-0.39, 0.29) is 61.9 Å². The fourth-order valence-electron chi connectivity index (χ4n) is 4.84. The number of ether oxygens (including phenoxy) is 4. The number of benzene rings is 1. The van der Waals surface area contributed by atoms with Gasteiger partial charge in [0.25, 0.3) is 5.91 Å². The number of rotatable bonds is 6. The van der Waals surface area contributed by atoms with Crippen LogP contribution in [-0.4, -0.2) is 61.7 Å². The average Bonchev–Trinajstić information content (AvgIpc) is 3.57. The van der Waals surface area contributed by atoms with Gasteiger partial charge >= 0.3 is 12.4 Å². The molecular formula is C25H24F6N2O5. The molecule has 1 aliphatic carbocycles. The fraction of sp³-hybridized carbons (Fsp3) is 0.520. The van der Waals surface area contributed by atoms with E-state index in [4.69, 9.17) is 18.9 Å². The molecule has 0 unspecified atom stereocenters. The summed E-state index contributed by atoms with van der Waals surface area (Å²) < 4.78 is 102. The molecule has 1 aromatic carbocycles. The Morgan fingerprint density at radius 1 is 1.11 bits per heavy atom. The molecule has 2 saturated heterocycles. The topological polar surface area (TPSA) is 70.1 Å². The first-order valence-corrected chi connectivity index (χ1v) is 11.8. The van der Waals surface area contributed by atoms with E-state index in [0.29, 0.717) is 0 Å². The first kappa shape index (κ1) is 26.5. The van der Waals surface area contributed by atoms with Gasteiger partial charge in [0, 0.05) is 24.7 Å². The summed E-state index contributed by atoms with van der Waals surface area (Å²) in [4.78, 5) is 18.9. The number of amides is 1. The van der Waals surface area contributed by atoms with Gasteiger partial charge in [0.1, 0.15) is 30.5 Å². The van der Waals surface area contributed by atoms with Crippen molar-refractivity contribution in [2.24, 2.45) is 5.41 Å². The molecule has 0 spiro atoms. The van der Waals surface area contributed by atoms with Crippen LogP contribution in [0.15, 0.2) is 36.5 Å². The van der Waals surface area contributed by atoms with Crippen LogP contribution in [0.3, 0.4) is 0 Å². The van der Waals surface area contributed by atoms with E-state index >= 15 is 0 Å². The first-order chi connectivity index (χ1) is 17.9. The molecule has 1 amide bonds. The highest BCUT2D eigenvalue weighted by Gasteiger charge is 2.64. The van der Waals surface area contributed by atoms with Crippen molar-refractivity contribution in [1.29, 1.82) is 0 Å². The maximum atomic E-state index is 13.3. The zero-order valence-corrected chi connectivity index (χ0v) is 20.2. The molecule has 1 saturated carbocycles. The Labute approximate surface area is 213 Å². The van der Waals surface area contributed by atoms with Crippen molar-refractivity contribution >= 4 is 5.91 Å². The lowest BCUT2D eigenvalue weighted by Crippen LogP contribution is -2.54. The predicted molar refractivity (Wildman–Crippen MR) is 118 cm³/mol. The van der Waals surface area contributed by atoms with E-state index in [1.54, 1.807) is 0 Å². The maximum Gasteiger partial charge on any atom is 0.416 e. The molecule has 5 rings (SSSR count). The summed E-state index contributed by atoms with van der Waals surface area (Å²) in [6, 6.07) is 6.00. The summed E-state index contributed by atoms with van der Waals surface area (Å²) in [6.07, 6.45) is -8.47. The van der Waals surface area contributed by atoms with Gasteiger partial charge in [-0.05, 0) is 43.2 Å². The Balaban J connectivity index is 1.30. The predicted octanol–water partition coefficient (Wildman–Crippen LogP) is 4.94. The van der Waals surface area contributed by atoms with Crippen LogP contribution >= 0.6 is 0 Å². The number of piperidine rings is 1. The molecule has 0 bridgehead atoms. The number of hydrogen-bond donors (Lipinski definition) is 0. The summed E-state index contributed by atoms with van der Waals surface area (Å²) in [6.45, 7) is -0.530. The first-order valence-electron chi connectivity index (χ1n) is 11.8. The molecule has 0 N–H and O–H groups in total. The van der Waals surface area contributed by atoms with Crippen LogP contribution in [0.4, 0.5) is 26.3 Å². The number of alkyl halides is 6. The number of carbonyl (C=O) groups excluding carboxylic acids is 1. The molecule has 38 heavy (non-hydrogen) atoms. The molecule has 7 nitrogen and oxygen atoms in total. The molecular weight excluding hydrogens is 522 g/mol. The van der Waals surface area contributed by atoms with Crippen molar-refractivity contribution in [3.8, 4) is 11.5 Å². The van der Waals surface area contributed by atoms with Crippen LogP contribution in [-0.2, 0) is 21.3 Å². The third-order valence-corrected chi connectivity index (χ3v) is 7.42. The minimum Gasteiger partial charge on any atom is -0.493 e. The number of methoxy groups -OCH3 is 1. The lowest BCUT2D eigenvalue weighted by atomic mass is 9.84. The SMILES string of the molecule is COc1cc(C(=O)N2CC[C@]3(c4cc(C(F)(F)F)ccn4)OCO[C@@H]3C2)ccc1OCC1(C(F)(F)F)CC1. The number of aromatic nitrogens is 1. The highest BCUT2D eigenvalue weighted by Crippen LogP contribution is 2.57. The van der Waals surface area contributed by atoms with E-state index in [1.807, 2.05) is 0 Å². The van der Waals surface area contributed by atoms with Crippen LogP contribution in [0.5, 0.6) is 11.5 Å². The van der Waals surface area contributed by atoms with Crippen LogP contribution in [0.25, 0.3) is 0 Å². The largest absolute Gasteiger partial charge is 0.493 e. The molecule has 2 atom stereocenters. The Hall–Kier alpha value is -3.06. The van der Waals surface area contributed by atoms with E-state index in [1.165, 1.54) is 30.2 Å². The van der Waals surface area contributed by atoms with Gasteiger partial charge in [-0.1, -0.05) is 0 Å². The number of likely N-dealkylation sites (tertiary alicyclic amines) is 1. The van der Waals surface area contributed by atoms with Crippen molar-refractivity contribution in [3.63, 3.8) is 0 Å². The number of halogens is 6. The summed E-state index contributed by atoms with van der Waals surface area (Å²) in [7, 11) is 1.31. The fourth-order valence-corrected chi connectivity index (χ4v) is 4.84. The molecule has 2 aromatic rings. The van der Waals surface area contributed by atoms with Gasteiger partial charge in [-0.2, -0.15) is 26.3 Å². The normalized spacial score (nSPS) is 24.6. The van der Waals surface area contributed by atoms with E-state index in [9.17, 15) is 31.1 Å². The molecule has 2 aliphatic heterocycles. The van der Waals surface area contributed by atoms with Crippen molar-refractivity contribution in [2.75, 3.05) is 33.6 Å². The second-order valence-corrected chi connectivity index (χ2v) is 9.67. The third kappa shape index (κ3) is 4.66. The molecule has 3 aliphatic rings. The van der Waals surface area contributed by atoms with Crippen LogP contribution in [0.1, 0.15) is 40.9 Å². The summed E-state index contributed by atoms with van der Waals surface area (Å²) in [5.74, 6) is -0.223. The zero-order valence-electron chi connectivity index (χ0n) is 20.2. The molecule has 3 heterocycles. The van der Waals surface area contributed by atoms with Crippen LogP contribution in [0, 0.1) is 5.41 Å².